The monoisotopic (exact) mass is 398 g/mol. The molecule has 2 aromatic carbocycles. The number of fused-ring (bicyclic) bond motifs is 2. The van der Waals surface area contributed by atoms with Gasteiger partial charge in [0.1, 0.15) is 5.82 Å². The number of para-hydroxylation sites is 1. The van der Waals surface area contributed by atoms with Crippen LogP contribution in [0, 0.1) is 6.92 Å². The summed E-state index contributed by atoms with van der Waals surface area (Å²) in [5, 5.41) is 8.53. The minimum atomic E-state index is -0.157. The summed E-state index contributed by atoms with van der Waals surface area (Å²) in [6.07, 6.45) is 2.44. The van der Waals surface area contributed by atoms with Crippen LogP contribution < -0.4 is 10.2 Å². The third kappa shape index (κ3) is 2.93. The number of nitrogens with zero attached hydrogens (tertiary/aromatic N) is 3. The highest BCUT2D eigenvalue weighted by molar-refractivity contribution is 6.08. The zero-order chi connectivity index (χ0) is 20.8. The minimum Gasteiger partial charge on any atom is -0.378 e. The molecule has 0 saturated carbocycles. The number of aryl methyl sites for hydroxylation is 1. The summed E-state index contributed by atoms with van der Waals surface area (Å²) in [7, 11) is 4.07. The molecule has 30 heavy (non-hydrogen) atoms. The number of hydrogen-bond acceptors (Lipinski definition) is 4. The van der Waals surface area contributed by atoms with E-state index in [4.69, 9.17) is 5.10 Å². The third-order valence-corrected chi connectivity index (χ3v) is 6.13. The van der Waals surface area contributed by atoms with Crippen LogP contribution in [0.25, 0.3) is 11.3 Å². The molecule has 0 unspecified atom stereocenters. The van der Waals surface area contributed by atoms with Gasteiger partial charge in [-0.15, -0.1) is 0 Å². The van der Waals surface area contributed by atoms with Crippen LogP contribution in [-0.2, 0) is 4.79 Å². The molecule has 1 aliphatic heterocycles. The number of anilines is 2. The van der Waals surface area contributed by atoms with E-state index in [0.717, 1.165) is 52.4 Å². The highest BCUT2D eigenvalue weighted by Gasteiger charge is 2.37. The van der Waals surface area contributed by atoms with Crippen LogP contribution in [0.2, 0.25) is 0 Å². The molecule has 0 fully saturated rings. The van der Waals surface area contributed by atoms with Gasteiger partial charge < -0.3 is 10.2 Å². The largest absolute Gasteiger partial charge is 0.378 e. The molecule has 152 valence electrons. The normalized spacial score (nSPS) is 18.0. The van der Waals surface area contributed by atoms with E-state index in [1.54, 1.807) is 0 Å². The molecule has 0 amide bonds. The quantitative estimate of drug-likeness (QED) is 0.680. The molecule has 5 nitrogen and oxygen atoms in total. The Balaban J connectivity index is 1.68. The van der Waals surface area contributed by atoms with Crippen molar-refractivity contribution < 1.29 is 4.79 Å². The number of allylic oxidation sites excluding steroid dienone is 1. The first kappa shape index (κ1) is 18.7. The number of Topliss-reactive ketones (excluding diaryl/α,β-unsaturated/α-hetero) is 1. The van der Waals surface area contributed by atoms with Crippen molar-refractivity contribution in [2.45, 2.75) is 32.2 Å². The lowest BCUT2D eigenvalue weighted by atomic mass is 9.78. The Labute approximate surface area is 177 Å². The summed E-state index contributed by atoms with van der Waals surface area (Å²) < 4.78 is 1.98. The van der Waals surface area contributed by atoms with Crippen molar-refractivity contribution in [1.29, 1.82) is 0 Å². The fraction of sp³-hybridized carbons (Fsp3) is 0.280. The summed E-state index contributed by atoms with van der Waals surface area (Å²) >= 11 is 0. The molecule has 1 N–H and O–H groups in total. The Kier molecular flexibility index (Phi) is 4.46. The zero-order valence-electron chi connectivity index (χ0n) is 17.6. The molecule has 1 aromatic heterocycles. The van der Waals surface area contributed by atoms with E-state index in [1.165, 1.54) is 5.57 Å². The average Bonchev–Trinajstić information content (AvgIpc) is 3.10. The maximum atomic E-state index is 13.1. The lowest BCUT2D eigenvalue weighted by molar-refractivity contribution is -0.116. The van der Waals surface area contributed by atoms with Gasteiger partial charge in [0.05, 0.1) is 17.4 Å². The van der Waals surface area contributed by atoms with Crippen molar-refractivity contribution in [1.82, 2.24) is 9.78 Å². The number of aromatic nitrogens is 2. The molecule has 1 atom stereocenters. The van der Waals surface area contributed by atoms with E-state index in [9.17, 15) is 4.79 Å². The average molecular weight is 399 g/mol. The Morgan fingerprint density at radius 1 is 1.03 bits per heavy atom. The molecule has 0 radical (unpaired) electrons. The van der Waals surface area contributed by atoms with Crippen molar-refractivity contribution >= 4 is 22.9 Å². The molecule has 0 bridgehead atoms. The molecule has 2 aliphatic rings. The van der Waals surface area contributed by atoms with Crippen LogP contribution in [0.15, 0.2) is 60.2 Å². The topological polar surface area (TPSA) is 50.2 Å². The van der Waals surface area contributed by atoms with Crippen LogP contribution in [0.4, 0.5) is 11.5 Å². The first-order valence-corrected chi connectivity index (χ1v) is 10.5. The maximum Gasteiger partial charge on any atom is 0.161 e. The number of carbonyl (C=O) groups excluding carboxylic acids is 1. The second-order valence-electron chi connectivity index (χ2n) is 8.29. The van der Waals surface area contributed by atoms with Gasteiger partial charge in [-0.25, -0.2) is 4.68 Å². The third-order valence-electron chi connectivity index (χ3n) is 6.13. The van der Waals surface area contributed by atoms with Crippen molar-refractivity contribution in [2.24, 2.45) is 0 Å². The number of ketones is 1. The van der Waals surface area contributed by atoms with Crippen molar-refractivity contribution in [3.05, 3.63) is 77.0 Å². The fourth-order valence-electron chi connectivity index (χ4n) is 4.66. The summed E-state index contributed by atoms with van der Waals surface area (Å²) in [6.45, 7) is 2.04. The standard InChI is InChI=1S/C25H26N4O/c1-16-22-20-10-7-11-21(30)23(20)24(17-12-14-18(15-13-17)28(2)3)26-25(22)29(27-16)19-8-5-4-6-9-19/h4-6,8-9,12-15,24,26H,7,10-11H2,1-3H3/t24-/m0/s1. The summed E-state index contributed by atoms with van der Waals surface area (Å²) in [5.74, 6) is 1.23. The van der Waals surface area contributed by atoms with Crippen LogP contribution in [0.5, 0.6) is 0 Å². The molecule has 2 heterocycles. The predicted molar refractivity (Wildman–Crippen MR) is 121 cm³/mol. The number of hydrogen-bond donors (Lipinski definition) is 1. The van der Waals surface area contributed by atoms with Crippen LogP contribution >= 0.6 is 0 Å². The summed E-state index contributed by atoms with van der Waals surface area (Å²) in [5.41, 5.74) is 7.41. The van der Waals surface area contributed by atoms with E-state index in [2.05, 4.69) is 46.6 Å². The van der Waals surface area contributed by atoms with Gasteiger partial charge in [-0.3, -0.25) is 4.79 Å². The molecular formula is C25H26N4O. The summed E-state index contributed by atoms with van der Waals surface area (Å²) in [6, 6.07) is 18.5. The minimum absolute atomic E-state index is 0.157. The molecule has 1 aliphatic carbocycles. The van der Waals surface area contributed by atoms with Crippen molar-refractivity contribution in [2.75, 3.05) is 24.3 Å². The van der Waals surface area contributed by atoms with Crippen LogP contribution in [-0.4, -0.2) is 29.7 Å². The van der Waals surface area contributed by atoms with Gasteiger partial charge in [0.25, 0.3) is 0 Å². The number of carbonyl (C=O) groups is 1. The highest BCUT2D eigenvalue weighted by atomic mass is 16.1. The Bertz CT molecular complexity index is 1140. The van der Waals surface area contributed by atoms with E-state index in [1.807, 2.05) is 43.9 Å². The number of nitrogens with one attached hydrogen (secondary N) is 1. The Morgan fingerprint density at radius 2 is 1.77 bits per heavy atom. The molecular weight excluding hydrogens is 372 g/mol. The predicted octanol–water partition coefficient (Wildman–Crippen LogP) is 4.92. The van der Waals surface area contributed by atoms with Gasteiger partial charge in [-0.1, -0.05) is 30.3 Å². The smallest absolute Gasteiger partial charge is 0.161 e. The Hall–Kier alpha value is -3.34. The van der Waals surface area contributed by atoms with Gasteiger partial charge in [0.15, 0.2) is 5.78 Å². The van der Waals surface area contributed by atoms with E-state index in [-0.39, 0.29) is 11.8 Å². The second-order valence-corrected chi connectivity index (χ2v) is 8.29. The molecule has 0 saturated heterocycles. The lowest BCUT2D eigenvalue weighted by Crippen LogP contribution is -2.28. The SMILES string of the molecule is Cc1nn(-c2ccccc2)c2c1C1=C(C(=O)CCC1)[C@H](c1ccc(N(C)C)cc1)N2. The second kappa shape index (κ2) is 7.17. The maximum absolute atomic E-state index is 13.1. The first-order chi connectivity index (χ1) is 14.5. The highest BCUT2D eigenvalue weighted by Crippen LogP contribution is 2.47. The molecule has 5 heteroatoms. The molecule has 0 spiro atoms. The van der Waals surface area contributed by atoms with E-state index >= 15 is 0 Å². The van der Waals surface area contributed by atoms with E-state index < -0.39 is 0 Å². The van der Waals surface area contributed by atoms with Crippen LogP contribution in [0.3, 0.4) is 0 Å². The summed E-state index contributed by atoms with van der Waals surface area (Å²) in [4.78, 5) is 15.1. The molecule has 5 rings (SSSR count). The van der Waals surface area contributed by atoms with Gasteiger partial charge in [-0.2, -0.15) is 5.10 Å². The Morgan fingerprint density at radius 3 is 2.47 bits per heavy atom. The number of benzene rings is 2. The van der Waals surface area contributed by atoms with Crippen molar-refractivity contribution in [3.63, 3.8) is 0 Å². The van der Waals surface area contributed by atoms with Crippen LogP contribution in [0.1, 0.15) is 42.1 Å². The zero-order valence-corrected chi connectivity index (χ0v) is 17.6. The molecule has 3 aromatic rings. The van der Waals surface area contributed by atoms with Gasteiger partial charge in [-0.05, 0) is 55.2 Å². The number of rotatable bonds is 3. The van der Waals surface area contributed by atoms with Gasteiger partial charge in [0, 0.05) is 37.3 Å². The first-order valence-electron chi connectivity index (χ1n) is 10.5. The van der Waals surface area contributed by atoms with E-state index in [0.29, 0.717) is 6.42 Å². The lowest BCUT2D eigenvalue weighted by Gasteiger charge is -2.33. The fourth-order valence-corrected chi connectivity index (χ4v) is 4.66. The van der Waals surface area contributed by atoms with Crippen molar-refractivity contribution in [3.8, 4) is 5.69 Å². The van der Waals surface area contributed by atoms with Gasteiger partial charge in [0.2, 0.25) is 0 Å². The van der Waals surface area contributed by atoms with Gasteiger partial charge >= 0.3 is 0 Å².